The molecule has 5 atom stereocenters. The van der Waals surface area contributed by atoms with Crippen molar-refractivity contribution in [3.05, 3.63) is 28.3 Å². The summed E-state index contributed by atoms with van der Waals surface area (Å²) in [6.07, 6.45) is -8.46. The summed E-state index contributed by atoms with van der Waals surface area (Å²) in [5, 5.41) is 47.8. The van der Waals surface area contributed by atoms with E-state index in [-0.39, 0.29) is 12.4 Å². The summed E-state index contributed by atoms with van der Waals surface area (Å²) < 4.78 is 10.4. The number of hydrogen-bond acceptors (Lipinski definition) is 7. The monoisotopic (exact) mass is 348 g/mol. The SMILES string of the molecule is Cc1cc(OC2OC(C(=O)O)C(O)C(O)C2O)cc(CO)c1Cl. The minimum absolute atomic E-state index is 0.160. The lowest BCUT2D eigenvalue weighted by Crippen LogP contribution is -2.61. The van der Waals surface area contributed by atoms with E-state index in [0.717, 1.165) is 0 Å². The zero-order valence-electron chi connectivity index (χ0n) is 12.1. The third-order valence-electron chi connectivity index (χ3n) is 3.54. The first-order chi connectivity index (χ1) is 10.8. The van der Waals surface area contributed by atoms with Crippen molar-refractivity contribution in [2.24, 2.45) is 0 Å². The standard InChI is InChI=1S/C14H17ClO8/c1-5-2-7(3-6(4-16)8(5)15)22-14-11(19)9(17)10(18)12(23-14)13(20)21/h2-3,9-12,14,16-19H,4H2,1H3,(H,20,21). The molecule has 9 heteroatoms. The van der Waals surface area contributed by atoms with Crippen LogP contribution in [0.25, 0.3) is 0 Å². The molecule has 1 aliphatic heterocycles. The number of hydrogen-bond donors (Lipinski definition) is 5. The number of aliphatic carboxylic acids is 1. The van der Waals surface area contributed by atoms with Crippen LogP contribution in [-0.2, 0) is 16.1 Å². The fourth-order valence-electron chi connectivity index (χ4n) is 2.27. The number of aliphatic hydroxyl groups excluding tert-OH is 4. The quantitative estimate of drug-likeness (QED) is 0.487. The molecule has 0 radical (unpaired) electrons. The molecule has 1 heterocycles. The Labute approximate surface area is 136 Å². The molecular weight excluding hydrogens is 332 g/mol. The molecular formula is C14H17ClO8. The maximum atomic E-state index is 11.0. The van der Waals surface area contributed by atoms with Gasteiger partial charge in [0.05, 0.1) is 6.61 Å². The highest BCUT2D eigenvalue weighted by atomic mass is 35.5. The Kier molecular flexibility index (Phi) is 5.45. The van der Waals surface area contributed by atoms with Crippen LogP contribution in [0.2, 0.25) is 5.02 Å². The van der Waals surface area contributed by atoms with Crippen molar-refractivity contribution in [2.45, 2.75) is 44.2 Å². The summed E-state index contributed by atoms with van der Waals surface area (Å²) in [5.74, 6) is -1.34. The summed E-state index contributed by atoms with van der Waals surface area (Å²) in [6.45, 7) is 1.33. The Bertz CT molecular complexity index is 592. The minimum atomic E-state index is -1.79. The Morgan fingerprint density at radius 3 is 2.48 bits per heavy atom. The maximum Gasteiger partial charge on any atom is 0.335 e. The van der Waals surface area contributed by atoms with Crippen molar-refractivity contribution in [1.29, 1.82) is 0 Å². The second kappa shape index (κ2) is 7.00. The molecule has 1 aromatic rings. The Morgan fingerprint density at radius 2 is 1.91 bits per heavy atom. The van der Waals surface area contributed by atoms with Crippen LogP contribution < -0.4 is 4.74 Å². The topological polar surface area (TPSA) is 137 Å². The van der Waals surface area contributed by atoms with Gasteiger partial charge in [0.25, 0.3) is 0 Å². The molecule has 8 nitrogen and oxygen atoms in total. The third-order valence-corrected chi connectivity index (χ3v) is 4.08. The molecule has 0 saturated carbocycles. The molecule has 0 spiro atoms. The largest absolute Gasteiger partial charge is 0.479 e. The van der Waals surface area contributed by atoms with Gasteiger partial charge in [-0.15, -0.1) is 0 Å². The average Bonchev–Trinajstić information content (AvgIpc) is 2.50. The van der Waals surface area contributed by atoms with Gasteiger partial charge >= 0.3 is 5.97 Å². The van der Waals surface area contributed by atoms with Crippen molar-refractivity contribution < 1.29 is 39.8 Å². The van der Waals surface area contributed by atoms with E-state index in [4.69, 9.17) is 26.2 Å². The average molecular weight is 349 g/mol. The van der Waals surface area contributed by atoms with Crippen molar-refractivity contribution in [1.82, 2.24) is 0 Å². The highest BCUT2D eigenvalue weighted by Gasteiger charge is 2.48. The lowest BCUT2D eigenvalue weighted by Gasteiger charge is -2.38. The molecule has 5 unspecified atom stereocenters. The molecule has 1 aromatic carbocycles. The predicted molar refractivity (Wildman–Crippen MR) is 77.1 cm³/mol. The van der Waals surface area contributed by atoms with Crippen molar-refractivity contribution >= 4 is 17.6 Å². The van der Waals surface area contributed by atoms with E-state index in [1.54, 1.807) is 6.92 Å². The number of ether oxygens (including phenoxy) is 2. The number of carboxylic acids is 1. The zero-order chi connectivity index (χ0) is 17.3. The predicted octanol–water partition coefficient (Wildman–Crippen LogP) is -0.588. The van der Waals surface area contributed by atoms with Gasteiger partial charge in [0.2, 0.25) is 6.29 Å². The molecule has 0 bridgehead atoms. The van der Waals surface area contributed by atoms with Crippen LogP contribution >= 0.6 is 11.6 Å². The van der Waals surface area contributed by atoms with Crippen molar-refractivity contribution in [2.75, 3.05) is 0 Å². The van der Waals surface area contributed by atoms with Gasteiger partial charge in [-0.05, 0) is 30.2 Å². The van der Waals surface area contributed by atoms with E-state index in [9.17, 15) is 25.2 Å². The van der Waals surface area contributed by atoms with Gasteiger partial charge in [-0.1, -0.05) is 11.6 Å². The van der Waals surface area contributed by atoms with Crippen LogP contribution in [-0.4, -0.2) is 62.2 Å². The normalized spacial score (nSPS) is 31.0. The van der Waals surface area contributed by atoms with Crippen LogP contribution in [0.5, 0.6) is 5.75 Å². The number of benzene rings is 1. The first-order valence-electron chi connectivity index (χ1n) is 6.75. The fourth-order valence-corrected chi connectivity index (χ4v) is 2.44. The Hall–Kier alpha value is -1.42. The summed E-state index contributed by atoms with van der Waals surface area (Å²) >= 11 is 6.00. The molecule has 23 heavy (non-hydrogen) atoms. The van der Waals surface area contributed by atoms with E-state index in [1.807, 2.05) is 0 Å². The van der Waals surface area contributed by atoms with E-state index >= 15 is 0 Å². The lowest BCUT2D eigenvalue weighted by molar-refractivity contribution is -0.271. The number of rotatable bonds is 4. The Morgan fingerprint density at radius 1 is 1.26 bits per heavy atom. The first kappa shape index (κ1) is 17.9. The number of carbonyl (C=O) groups is 1. The van der Waals surface area contributed by atoms with Gasteiger partial charge in [-0.2, -0.15) is 0 Å². The second-order valence-electron chi connectivity index (χ2n) is 5.22. The molecule has 5 N–H and O–H groups in total. The van der Waals surface area contributed by atoms with Gasteiger partial charge in [-0.25, -0.2) is 4.79 Å². The highest BCUT2D eigenvalue weighted by molar-refractivity contribution is 6.32. The van der Waals surface area contributed by atoms with Gasteiger partial charge in [0, 0.05) is 5.02 Å². The molecule has 128 valence electrons. The van der Waals surface area contributed by atoms with Crippen molar-refractivity contribution in [3.63, 3.8) is 0 Å². The van der Waals surface area contributed by atoms with Crippen LogP contribution in [0.4, 0.5) is 0 Å². The molecule has 0 amide bonds. The number of aliphatic hydroxyl groups is 4. The molecule has 2 rings (SSSR count). The number of halogens is 1. The second-order valence-corrected chi connectivity index (χ2v) is 5.60. The molecule has 1 saturated heterocycles. The van der Waals surface area contributed by atoms with Gasteiger partial charge in [0.1, 0.15) is 24.1 Å². The maximum absolute atomic E-state index is 11.0. The summed E-state index contributed by atoms with van der Waals surface area (Å²) in [7, 11) is 0. The number of aryl methyl sites for hydroxylation is 1. The van der Waals surface area contributed by atoms with Gasteiger partial charge in [0.15, 0.2) is 6.10 Å². The van der Waals surface area contributed by atoms with Gasteiger partial charge < -0.3 is 35.0 Å². The fraction of sp³-hybridized carbons (Fsp3) is 0.500. The van der Waals surface area contributed by atoms with E-state index in [0.29, 0.717) is 16.1 Å². The Balaban J connectivity index is 2.24. The smallest absolute Gasteiger partial charge is 0.335 e. The minimum Gasteiger partial charge on any atom is -0.479 e. The first-order valence-corrected chi connectivity index (χ1v) is 7.13. The van der Waals surface area contributed by atoms with Crippen molar-refractivity contribution in [3.8, 4) is 5.75 Å². The van der Waals surface area contributed by atoms with Gasteiger partial charge in [-0.3, -0.25) is 0 Å². The zero-order valence-corrected chi connectivity index (χ0v) is 12.8. The molecule has 1 aliphatic rings. The van der Waals surface area contributed by atoms with E-state index < -0.39 is 36.7 Å². The third kappa shape index (κ3) is 3.57. The van der Waals surface area contributed by atoms with Crippen LogP contribution in [0.1, 0.15) is 11.1 Å². The highest BCUT2D eigenvalue weighted by Crippen LogP contribution is 2.30. The van der Waals surface area contributed by atoms with Crippen LogP contribution in [0.3, 0.4) is 0 Å². The summed E-state index contributed by atoms with van der Waals surface area (Å²) in [4.78, 5) is 11.0. The molecule has 1 fully saturated rings. The summed E-state index contributed by atoms with van der Waals surface area (Å²) in [5.41, 5.74) is 0.969. The van der Waals surface area contributed by atoms with Crippen LogP contribution in [0.15, 0.2) is 12.1 Å². The molecule has 0 aromatic heterocycles. The van der Waals surface area contributed by atoms with E-state index in [2.05, 4.69) is 0 Å². The molecule has 0 aliphatic carbocycles. The number of carboxylic acid groups (broad SMARTS) is 1. The summed E-state index contributed by atoms with van der Waals surface area (Å²) in [6, 6.07) is 2.91. The van der Waals surface area contributed by atoms with Crippen LogP contribution in [0, 0.1) is 6.92 Å². The lowest BCUT2D eigenvalue weighted by atomic mass is 9.99. The van der Waals surface area contributed by atoms with E-state index in [1.165, 1.54) is 12.1 Å².